The largest absolute Gasteiger partial charge is 0.325 e. The Kier molecular flexibility index (Phi) is 4.16. The van der Waals surface area contributed by atoms with E-state index < -0.39 is 0 Å². The summed E-state index contributed by atoms with van der Waals surface area (Å²) in [5.41, 5.74) is 6.52. The summed E-state index contributed by atoms with van der Waals surface area (Å²) >= 11 is 4.75. The molecule has 0 aromatic carbocycles. The van der Waals surface area contributed by atoms with Gasteiger partial charge in [-0.3, -0.25) is 4.98 Å². The van der Waals surface area contributed by atoms with Gasteiger partial charge in [0.1, 0.15) is 0 Å². The van der Waals surface area contributed by atoms with Gasteiger partial charge in [0.15, 0.2) is 8.68 Å². The Balaban J connectivity index is 2.19. The molecule has 2 N–H and O–H groups in total. The first-order chi connectivity index (χ1) is 7.83. The first kappa shape index (κ1) is 11.8. The lowest BCUT2D eigenvalue weighted by atomic mass is 10.3. The summed E-state index contributed by atoms with van der Waals surface area (Å²) in [5, 5.41) is 8.15. The second-order valence-electron chi connectivity index (χ2n) is 2.79. The van der Waals surface area contributed by atoms with Crippen LogP contribution in [0.25, 0.3) is 0 Å². The van der Waals surface area contributed by atoms with Gasteiger partial charge in [-0.15, -0.1) is 10.2 Å². The zero-order chi connectivity index (χ0) is 11.4. The number of hydrogen-bond donors (Lipinski definition) is 1. The normalized spacial score (nSPS) is 10.6. The number of rotatable bonds is 4. The predicted octanol–water partition coefficient (Wildman–Crippen LogP) is 2.26. The van der Waals surface area contributed by atoms with Crippen molar-refractivity contribution >= 4 is 34.9 Å². The topological polar surface area (TPSA) is 64.7 Å². The molecule has 4 nitrogen and oxygen atoms in total. The van der Waals surface area contributed by atoms with E-state index in [0.717, 1.165) is 19.3 Å². The van der Waals surface area contributed by atoms with Crippen molar-refractivity contribution < 1.29 is 0 Å². The van der Waals surface area contributed by atoms with Crippen molar-refractivity contribution in [3.8, 4) is 0 Å². The molecule has 7 heteroatoms. The van der Waals surface area contributed by atoms with Gasteiger partial charge >= 0.3 is 0 Å². The summed E-state index contributed by atoms with van der Waals surface area (Å²) in [7, 11) is 0. The van der Waals surface area contributed by atoms with E-state index in [1.807, 2.05) is 18.4 Å². The molecular weight excluding hydrogens is 260 g/mol. The standard InChI is InChI=1S/C9H10N4S3/c1-14-8-12-13-9(16-8)15-7-3-2-4-11-6(7)5-10/h2-4H,5,10H2,1H3. The highest BCUT2D eigenvalue weighted by molar-refractivity contribution is 8.03. The molecule has 0 atom stereocenters. The van der Waals surface area contributed by atoms with Crippen molar-refractivity contribution in [1.82, 2.24) is 15.2 Å². The van der Waals surface area contributed by atoms with E-state index in [0.29, 0.717) is 6.54 Å². The van der Waals surface area contributed by atoms with Gasteiger partial charge in [-0.05, 0) is 18.4 Å². The van der Waals surface area contributed by atoms with E-state index in [4.69, 9.17) is 5.73 Å². The highest BCUT2D eigenvalue weighted by Crippen LogP contribution is 2.33. The Morgan fingerprint density at radius 1 is 1.38 bits per heavy atom. The fourth-order valence-corrected chi connectivity index (χ4v) is 3.59. The van der Waals surface area contributed by atoms with Crippen LogP contribution in [0.15, 0.2) is 31.9 Å². The van der Waals surface area contributed by atoms with Crippen molar-refractivity contribution in [3.63, 3.8) is 0 Å². The first-order valence-corrected chi connectivity index (χ1v) is 7.38. The second kappa shape index (κ2) is 5.62. The zero-order valence-electron chi connectivity index (χ0n) is 8.58. The van der Waals surface area contributed by atoms with Crippen LogP contribution in [0.2, 0.25) is 0 Å². The lowest BCUT2D eigenvalue weighted by Crippen LogP contribution is -2.00. The monoisotopic (exact) mass is 270 g/mol. The van der Waals surface area contributed by atoms with Gasteiger partial charge < -0.3 is 5.73 Å². The van der Waals surface area contributed by atoms with Crippen LogP contribution in [0.1, 0.15) is 5.69 Å². The molecule has 2 rings (SSSR count). The maximum atomic E-state index is 5.62. The number of nitrogens with two attached hydrogens (primary N) is 1. The molecule has 0 aliphatic rings. The van der Waals surface area contributed by atoms with Crippen LogP contribution in [0.4, 0.5) is 0 Å². The van der Waals surface area contributed by atoms with Crippen LogP contribution in [0.5, 0.6) is 0 Å². The Morgan fingerprint density at radius 2 is 2.19 bits per heavy atom. The van der Waals surface area contributed by atoms with Gasteiger partial charge in [0.05, 0.1) is 5.69 Å². The number of pyridine rings is 1. The van der Waals surface area contributed by atoms with Crippen molar-refractivity contribution in [2.75, 3.05) is 6.26 Å². The van der Waals surface area contributed by atoms with Gasteiger partial charge in [-0.25, -0.2) is 0 Å². The average Bonchev–Trinajstić information content (AvgIpc) is 2.77. The van der Waals surface area contributed by atoms with Crippen LogP contribution < -0.4 is 5.73 Å². The van der Waals surface area contributed by atoms with Crippen LogP contribution in [0, 0.1) is 0 Å². The summed E-state index contributed by atoms with van der Waals surface area (Å²) in [6, 6.07) is 3.90. The smallest absolute Gasteiger partial charge is 0.179 e. The summed E-state index contributed by atoms with van der Waals surface area (Å²) in [5.74, 6) is 0. The third-order valence-corrected chi connectivity index (χ3v) is 4.84. The van der Waals surface area contributed by atoms with E-state index >= 15 is 0 Å². The van der Waals surface area contributed by atoms with Gasteiger partial charge in [-0.1, -0.05) is 34.9 Å². The molecule has 84 valence electrons. The number of thioether (sulfide) groups is 1. The summed E-state index contributed by atoms with van der Waals surface area (Å²) in [6.45, 7) is 0.442. The van der Waals surface area contributed by atoms with Crippen LogP contribution in [-0.4, -0.2) is 21.4 Å². The highest BCUT2D eigenvalue weighted by atomic mass is 32.2. The molecule has 2 aromatic heterocycles. The van der Waals surface area contributed by atoms with Gasteiger partial charge in [-0.2, -0.15) is 0 Å². The maximum Gasteiger partial charge on any atom is 0.179 e. The van der Waals surface area contributed by atoms with Crippen molar-refractivity contribution in [1.29, 1.82) is 0 Å². The molecule has 16 heavy (non-hydrogen) atoms. The maximum absolute atomic E-state index is 5.62. The van der Waals surface area contributed by atoms with Gasteiger partial charge in [0.25, 0.3) is 0 Å². The summed E-state index contributed by atoms with van der Waals surface area (Å²) in [6.07, 6.45) is 3.74. The highest BCUT2D eigenvalue weighted by Gasteiger charge is 2.08. The number of hydrogen-bond acceptors (Lipinski definition) is 7. The molecule has 2 heterocycles. The van der Waals surface area contributed by atoms with Crippen molar-refractivity contribution in [3.05, 3.63) is 24.0 Å². The van der Waals surface area contributed by atoms with Gasteiger partial charge in [0.2, 0.25) is 0 Å². The minimum atomic E-state index is 0.442. The zero-order valence-corrected chi connectivity index (χ0v) is 11.0. The lowest BCUT2D eigenvalue weighted by Gasteiger charge is -2.02. The molecule has 0 saturated heterocycles. The van der Waals surface area contributed by atoms with Gasteiger partial charge in [0, 0.05) is 17.6 Å². The predicted molar refractivity (Wildman–Crippen MR) is 67.9 cm³/mol. The molecule has 0 aliphatic carbocycles. The molecule has 0 unspecified atom stereocenters. The minimum Gasteiger partial charge on any atom is -0.325 e. The molecule has 0 radical (unpaired) electrons. The Bertz CT molecular complexity index is 471. The fourth-order valence-electron chi connectivity index (χ4n) is 1.08. The Morgan fingerprint density at radius 3 is 2.88 bits per heavy atom. The first-order valence-electron chi connectivity index (χ1n) is 4.53. The van der Waals surface area contributed by atoms with E-state index in [9.17, 15) is 0 Å². The SMILES string of the molecule is CSc1nnc(Sc2cccnc2CN)s1. The molecule has 0 spiro atoms. The summed E-state index contributed by atoms with van der Waals surface area (Å²) < 4.78 is 1.90. The van der Waals surface area contributed by atoms with Crippen molar-refractivity contribution in [2.24, 2.45) is 5.73 Å². The third-order valence-electron chi connectivity index (χ3n) is 1.80. The number of aromatic nitrogens is 3. The molecule has 0 amide bonds. The molecule has 0 aliphatic heterocycles. The Labute approximate surface area is 106 Å². The lowest BCUT2D eigenvalue weighted by molar-refractivity contribution is 0.935. The molecule has 0 bridgehead atoms. The average molecular weight is 270 g/mol. The molecular formula is C9H10N4S3. The van der Waals surface area contributed by atoms with E-state index in [-0.39, 0.29) is 0 Å². The fraction of sp³-hybridized carbons (Fsp3) is 0.222. The van der Waals surface area contributed by atoms with Crippen LogP contribution in [0.3, 0.4) is 0 Å². The van der Waals surface area contributed by atoms with E-state index in [1.54, 1.807) is 41.1 Å². The van der Waals surface area contributed by atoms with Crippen LogP contribution in [-0.2, 0) is 6.54 Å². The quantitative estimate of drug-likeness (QED) is 0.860. The molecule has 0 fully saturated rings. The van der Waals surface area contributed by atoms with Crippen molar-refractivity contribution in [2.45, 2.75) is 20.1 Å². The second-order valence-corrected chi connectivity index (χ2v) is 6.11. The Hall–Kier alpha value is -0.630. The summed E-state index contributed by atoms with van der Waals surface area (Å²) in [4.78, 5) is 5.28. The third kappa shape index (κ3) is 2.73. The minimum absolute atomic E-state index is 0.442. The van der Waals surface area contributed by atoms with Crippen LogP contribution >= 0.6 is 34.9 Å². The number of nitrogens with zero attached hydrogens (tertiary/aromatic N) is 3. The van der Waals surface area contributed by atoms with E-state index in [1.165, 1.54) is 0 Å². The molecule has 0 saturated carbocycles. The van der Waals surface area contributed by atoms with E-state index in [2.05, 4.69) is 15.2 Å². The molecule has 2 aromatic rings.